The summed E-state index contributed by atoms with van der Waals surface area (Å²) in [6.45, 7) is 8.74. The average molecular weight is 676 g/mol. The van der Waals surface area contributed by atoms with E-state index in [1.165, 1.54) is 26.2 Å². The van der Waals surface area contributed by atoms with E-state index in [2.05, 4.69) is 10.6 Å². The van der Waals surface area contributed by atoms with Gasteiger partial charge in [-0.2, -0.15) is 0 Å². The second-order valence-corrected chi connectivity index (χ2v) is 9.63. The molecule has 0 heterocycles. The molecule has 17 heteroatoms. The molecule has 1 rings (SSSR count). The summed E-state index contributed by atoms with van der Waals surface area (Å²) in [5, 5.41) is 17.1. The molecule has 0 radical (unpaired) electrons. The fraction of sp³-hybridized carbons (Fsp3) is 0.700. The third kappa shape index (κ3) is 20.3. The second-order valence-electron chi connectivity index (χ2n) is 9.63. The van der Waals surface area contributed by atoms with Crippen LogP contribution < -0.4 is 31.6 Å². The van der Waals surface area contributed by atoms with Crippen molar-refractivity contribution in [2.75, 3.05) is 86.6 Å². The van der Waals surface area contributed by atoms with Gasteiger partial charge in [0, 0.05) is 19.5 Å². The van der Waals surface area contributed by atoms with Gasteiger partial charge in [-0.05, 0) is 52.8 Å². The number of nitrogens with zero attached hydrogens (tertiary/aromatic N) is 1. The predicted octanol–water partition coefficient (Wildman–Crippen LogP) is 1.63. The quantitative estimate of drug-likeness (QED) is 0.0359. The van der Waals surface area contributed by atoms with Gasteiger partial charge >= 0.3 is 12.1 Å². The highest BCUT2D eigenvalue weighted by atomic mass is 16.6. The number of ether oxygens (including phenoxy) is 7. The maximum atomic E-state index is 12.5. The number of nitrogens with two attached hydrogens (primary N) is 2. The Balaban J connectivity index is 0.00000137. The number of methoxy groups -OCH3 is 1. The minimum atomic E-state index is -1.04. The van der Waals surface area contributed by atoms with Crippen molar-refractivity contribution in [1.29, 1.82) is 0 Å². The standard InChI is InChI=1S/C22H33N3O9.C8H20N2O3/c1-5-32-21(27)17(9-8-10-23-3)24-22(28)34-15(2)16-13-19(31-4)20(14-18(16)25(29)30)33-12-7-6-11-26;9-1-3-11-5-7-13-8-6-12-4-2-10/h11,13-15,17,23H,5-10,12H2,1-4H3,(H,24,28);1-10H2. The number of carbonyl (C=O) groups excluding carboxylic acids is 3. The van der Waals surface area contributed by atoms with Crippen LogP contribution in [0.3, 0.4) is 0 Å². The van der Waals surface area contributed by atoms with E-state index in [0.717, 1.165) is 6.29 Å². The van der Waals surface area contributed by atoms with Crippen LogP contribution in [0.5, 0.6) is 11.5 Å². The number of hydrogen-bond acceptors (Lipinski definition) is 15. The molecular weight excluding hydrogens is 622 g/mol. The first-order valence-electron chi connectivity index (χ1n) is 15.5. The van der Waals surface area contributed by atoms with Crippen LogP contribution in [0.1, 0.15) is 51.2 Å². The molecule has 2 unspecified atom stereocenters. The number of nitro groups is 1. The number of alkyl carbamates (subject to hydrolysis) is 1. The van der Waals surface area contributed by atoms with Gasteiger partial charge in [-0.15, -0.1) is 0 Å². The number of benzene rings is 1. The van der Waals surface area contributed by atoms with E-state index in [9.17, 15) is 24.5 Å². The number of aldehydes is 1. The maximum absolute atomic E-state index is 12.5. The topological polar surface area (TPSA) is 235 Å². The van der Waals surface area contributed by atoms with E-state index in [1.807, 2.05) is 0 Å². The zero-order chi connectivity index (χ0) is 35.3. The summed E-state index contributed by atoms with van der Waals surface area (Å²) in [5.41, 5.74) is 10.2. The second kappa shape index (κ2) is 28.6. The molecule has 0 bridgehead atoms. The summed E-state index contributed by atoms with van der Waals surface area (Å²) in [4.78, 5) is 46.1. The molecule has 0 saturated heterocycles. The van der Waals surface area contributed by atoms with Crippen molar-refractivity contribution in [3.63, 3.8) is 0 Å². The number of rotatable bonds is 26. The fourth-order valence-electron chi connectivity index (χ4n) is 3.75. The van der Waals surface area contributed by atoms with Crippen LogP contribution in [-0.2, 0) is 33.3 Å². The van der Waals surface area contributed by atoms with Gasteiger partial charge in [0.05, 0.1) is 76.5 Å². The average Bonchev–Trinajstić information content (AvgIpc) is 3.05. The third-order valence-corrected chi connectivity index (χ3v) is 6.01. The molecule has 1 aromatic carbocycles. The van der Waals surface area contributed by atoms with Crippen LogP contribution in [0.4, 0.5) is 10.5 Å². The molecule has 6 N–H and O–H groups in total. The van der Waals surface area contributed by atoms with Gasteiger partial charge in [0.2, 0.25) is 0 Å². The Morgan fingerprint density at radius 1 is 0.979 bits per heavy atom. The van der Waals surface area contributed by atoms with Gasteiger partial charge in [0.25, 0.3) is 5.69 Å². The van der Waals surface area contributed by atoms with Crippen molar-refractivity contribution in [3.05, 3.63) is 27.8 Å². The first kappa shape index (κ1) is 43.4. The van der Waals surface area contributed by atoms with Crippen molar-refractivity contribution in [2.45, 2.75) is 51.7 Å². The lowest BCUT2D eigenvalue weighted by Gasteiger charge is -2.20. The molecule has 270 valence electrons. The first-order valence-corrected chi connectivity index (χ1v) is 15.5. The van der Waals surface area contributed by atoms with Crippen molar-refractivity contribution in [1.82, 2.24) is 10.6 Å². The Labute approximate surface area is 276 Å². The van der Waals surface area contributed by atoms with Gasteiger partial charge in [0.1, 0.15) is 18.4 Å². The molecule has 0 fully saturated rings. The third-order valence-electron chi connectivity index (χ3n) is 6.01. The highest BCUT2D eigenvalue weighted by molar-refractivity contribution is 5.81. The SMILES string of the molecule is CCOC(=O)C(CCCNC)NC(=O)OC(C)c1cc(OC)c(OCCCC=O)cc1[N+](=O)[O-].NCCOCCOCCOCCN. The van der Waals surface area contributed by atoms with E-state index in [1.54, 1.807) is 14.0 Å². The molecule has 0 saturated carbocycles. The highest BCUT2D eigenvalue weighted by Crippen LogP contribution is 2.38. The van der Waals surface area contributed by atoms with Gasteiger partial charge in [-0.3, -0.25) is 10.1 Å². The minimum absolute atomic E-state index is 0.0834. The number of nitro benzene ring substituents is 1. The first-order chi connectivity index (χ1) is 22.7. The van der Waals surface area contributed by atoms with E-state index in [0.29, 0.717) is 85.0 Å². The minimum Gasteiger partial charge on any atom is -0.493 e. The van der Waals surface area contributed by atoms with Crippen LogP contribution in [0.15, 0.2) is 12.1 Å². The lowest BCUT2D eigenvalue weighted by atomic mass is 10.1. The summed E-state index contributed by atoms with van der Waals surface area (Å²) >= 11 is 0. The van der Waals surface area contributed by atoms with Crippen molar-refractivity contribution in [3.8, 4) is 11.5 Å². The van der Waals surface area contributed by atoms with E-state index in [-0.39, 0.29) is 36.0 Å². The summed E-state index contributed by atoms with van der Waals surface area (Å²) in [6, 6.07) is 1.63. The molecular formula is C30H53N5O12. The molecule has 17 nitrogen and oxygen atoms in total. The zero-order valence-corrected chi connectivity index (χ0v) is 28.0. The smallest absolute Gasteiger partial charge is 0.408 e. The normalized spacial score (nSPS) is 11.8. The van der Waals surface area contributed by atoms with Crippen molar-refractivity contribution < 1.29 is 52.5 Å². The summed E-state index contributed by atoms with van der Waals surface area (Å²) in [6.07, 6.45) is 0.460. The van der Waals surface area contributed by atoms with Gasteiger partial charge in [0.15, 0.2) is 11.5 Å². The van der Waals surface area contributed by atoms with E-state index >= 15 is 0 Å². The Morgan fingerprint density at radius 2 is 1.60 bits per heavy atom. The van der Waals surface area contributed by atoms with E-state index in [4.69, 9.17) is 44.6 Å². The van der Waals surface area contributed by atoms with Crippen molar-refractivity contribution in [2.24, 2.45) is 11.5 Å². The van der Waals surface area contributed by atoms with Gasteiger partial charge < -0.3 is 60.1 Å². The lowest BCUT2D eigenvalue weighted by molar-refractivity contribution is -0.386. The van der Waals surface area contributed by atoms with Gasteiger partial charge in [-0.25, -0.2) is 9.59 Å². The predicted molar refractivity (Wildman–Crippen MR) is 173 cm³/mol. The van der Waals surface area contributed by atoms with Crippen molar-refractivity contribution >= 4 is 24.0 Å². The molecule has 1 amide bonds. The Hall–Kier alpha value is -3.61. The van der Waals surface area contributed by atoms with Crippen LogP contribution in [-0.4, -0.2) is 116 Å². The van der Waals surface area contributed by atoms with Crippen LogP contribution >= 0.6 is 0 Å². The Bertz CT molecular complexity index is 1010. The number of unbranched alkanes of at least 4 members (excludes halogenated alkanes) is 1. The molecule has 0 aliphatic carbocycles. The van der Waals surface area contributed by atoms with Crippen LogP contribution in [0.25, 0.3) is 0 Å². The largest absolute Gasteiger partial charge is 0.493 e. The maximum Gasteiger partial charge on any atom is 0.408 e. The molecule has 2 atom stereocenters. The molecule has 47 heavy (non-hydrogen) atoms. The lowest BCUT2D eigenvalue weighted by Crippen LogP contribution is -2.42. The zero-order valence-electron chi connectivity index (χ0n) is 28.0. The monoisotopic (exact) mass is 675 g/mol. The molecule has 0 aromatic heterocycles. The number of hydrogen-bond donors (Lipinski definition) is 4. The highest BCUT2D eigenvalue weighted by Gasteiger charge is 2.28. The van der Waals surface area contributed by atoms with Crippen LogP contribution in [0.2, 0.25) is 0 Å². The number of esters is 1. The number of amides is 1. The summed E-state index contributed by atoms with van der Waals surface area (Å²) in [5.74, 6) is -0.252. The number of carbonyl (C=O) groups is 3. The molecule has 0 aliphatic heterocycles. The van der Waals surface area contributed by atoms with Crippen LogP contribution in [0, 0.1) is 10.1 Å². The number of nitrogens with one attached hydrogen (secondary N) is 2. The fourth-order valence-corrected chi connectivity index (χ4v) is 3.75. The van der Waals surface area contributed by atoms with E-state index < -0.39 is 29.1 Å². The Morgan fingerprint density at radius 3 is 2.11 bits per heavy atom. The molecule has 0 spiro atoms. The van der Waals surface area contributed by atoms with Gasteiger partial charge in [-0.1, -0.05) is 0 Å². The molecule has 1 aromatic rings. The summed E-state index contributed by atoms with van der Waals surface area (Å²) < 4.78 is 36.5. The summed E-state index contributed by atoms with van der Waals surface area (Å²) in [7, 11) is 3.14. The molecule has 0 aliphatic rings. The Kier molecular flexibility index (Phi) is 26.4.